The van der Waals surface area contributed by atoms with E-state index in [2.05, 4.69) is 10.6 Å². The molecule has 8 nitrogen and oxygen atoms in total. The molecule has 9 heteroatoms. The fourth-order valence-corrected chi connectivity index (χ4v) is 4.54. The van der Waals surface area contributed by atoms with E-state index in [1.165, 1.54) is 38.4 Å². The molecule has 0 aliphatic rings. The Hall–Kier alpha value is -3.85. The lowest BCUT2D eigenvalue weighted by molar-refractivity contribution is 0.0950. The minimum Gasteiger partial charge on any atom is -0.495 e. The molecule has 2 amide bonds. The van der Waals surface area contributed by atoms with Gasteiger partial charge in [0.15, 0.2) is 0 Å². The van der Waals surface area contributed by atoms with E-state index < -0.39 is 15.9 Å². The van der Waals surface area contributed by atoms with Crippen LogP contribution in [0.3, 0.4) is 0 Å². The number of nitrogens with one attached hydrogen (secondary N) is 2. The second-order valence-corrected chi connectivity index (χ2v) is 10.2. The summed E-state index contributed by atoms with van der Waals surface area (Å²) in [6.45, 7) is 4.50. The number of sulfonamides is 1. The zero-order valence-electron chi connectivity index (χ0n) is 20.1. The second kappa shape index (κ2) is 11.1. The minimum absolute atomic E-state index is 0.0240. The van der Waals surface area contributed by atoms with Crippen LogP contribution < -0.4 is 19.7 Å². The largest absolute Gasteiger partial charge is 0.495 e. The van der Waals surface area contributed by atoms with Gasteiger partial charge in [0.2, 0.25) is 0 Å². The minimum atomic E-state index is -3.89. The summed E-state index contributed by atoms with van der Waals surface area (Å²) in [6.07, 6.45) is 0. The van der Waals surface area contributed by atoms with Crippen molar-refractivity contribution in [1.82, 2.24) is 5.32 Å². The zero-order valence-corrected chi connectivity index (χ0v) is 20.9. The third-order valence-corrected chi connectivity index (χ3v) is 7.08. The van der Waals surface area contributed by atoms with Gasteiger partial charge in [-0.15, -0.1) is 0 Å². The number of carbonyl (C=O) groups excluding carboxylic acids is 2. The van der Waals surface area contributed by atoms with Crippen molar-refractivity contribution < 1.29 is 22.7 Å². The van der Waals surface area contributed by atoms with Crippen molar-refractivity contribution in [2.75, 3.05) is 30.3 Å². The predicted octanol–water partition coefficient (Wildman–Crippen LogP) is 4.16. The van der Waals surface area contributed by atoms with E-state index in [4.69, 9.17) is 4.74 Å². The first-order valence-corrected chi connectivity index (χ1v) is 12.5. The maximum absolute atomic E-state index is 13.1. The number of ether oxygens (including phenoxy) is 1. The summed E-state index contributed by atoms with van der Waals surface area (Å²) < 4.78 is 32.7. The van der Waals surface area contributed by atoms with Crippen molar-refractivity contribution in [3.63, 3.8) is 0 Å². The summed E-state index contributed by atoms with van der Waals surface area (Å²) in [5, 5.41) is 5.58. The van der Waals surface area contributed by atoms with Crippen LogP contribution in [0.5, 0.6) is 5.75 Å². The molecule has 2 N–H and O–H groups in total. The molecule has 0 aromatic heterocycles. The summed E-state index contributed by atoms with van der Waals surface area (Å²) in [6, 6.07) is 19.1. The Morgan fingerprint density at radius 3 is 2.20 bits per heavy atom. The summed E-state index contributed by atoms with van der Waals surface area (Å²) >= 11 is 0. The van der Waals surface area contributed by atoms with Gasteiger partial charge in [0, 0.05) is 19.2 Å². The number of hydrogen-bond acceptors (Lipinski definition) is 5. The van der Waals surface area contributed by atoms with Crippen molar-refractivity contribution in [3.05, 3.63) is 83.9 Å². The van der Waals surface area contributed by atoms with E-state index in [0.717, 1.165) is 4.31 Å². The molecule has 0 unspecified atom stereocenters. The molecule has 0 spiro atoms. The van der Waals surface area contributed by atoms with Crippen LogP contribution in [-0.4, -0.2) is 40.9 Å². The van der Waals surface area contributed by atoms with E-state index in [0.29, 0.717) is 29.2 Å². The van der Waals surface area contributed by atoms with Crippen LogP contribution >= 0.6 is 0 Å². The molecule has 0 saturated heterocycles. The molecule has 3 aromatic rings. The second-order valence-electron chi connectivity index (χ2n) is 8.27. The topological polar surface area (TPSA) is 105 Å². The fraction of sp³-hybridized carbons (Fsp3) is 0.231. The first-order valence-electron chi connectivity index (χ1n) is 11.1. The van der Waals surface area contributed by atoms with Crippen LogP contribution in [0.2, 0.25) is 0 Å². The summed E-state index contributed by atoms with van der Waals surface area (Å²) in [4.78, 5) is 25.4. The highest BCUT2D eigenvalue weighted by atomic mass is 32.2. The molecule has 0 aliphatic carbocycles. The Labute approximate surface area is 206 Å². The van der Waals surface area contributed by atoms with E-state index in [1.54, 1.807) is 48.5 Å². The third kappa shape index (κ3) is 5.99. The molecular formula is C26H29N3O5S. The van der Waals surface area contributed by atoms with Crippen LogP contribution in [0.4, 0.5) is 11.4 Å². The van der Waals surface area contributed by atoms with Gasteiger partial charge >= 0.3 is 0 Å². The average molecular weight is 496 g/mol. The highest BCUT2D eigenvalue weighted by molar-refractivity contribution is 7.92. The Morgan fingerprint density at radius 2 is 1.54 bits per heavy atom. The predicted molar refractivity (Wildman–Crippen MR) is 137 cm³/mol. The van der Waals surface area contributed by atoms with Crippen LogP contribution in [0.25, 0.3) is 0 Å². The van der Waals surface area contributed by atoms with E-state index in [1.807, 2.05) is 13.8 Å². The third-order valence-electron chi connectivity index (χ3n) is 5.29. The molecule has 0 radical (unpaired) electrons. The molecule has 3 aromatic carbocycles. The van der Waals surface area contributed by atoms with Crippen LogP contribution in [0.1, 0.15) is 34.6 Å². The Balaban J connectivity index is 1.78. The molecule has 0 fully saturated rings. The van der Waals surface area contributed by atoms with Gasteiger partial charge in [0.05, 0.1) is 28.9 Å². The molecule has 0 heterocycles. The zero-order chi connectivity index (χ0) is 25.6. The first-order chi connectivity index (χ1) is 16.6. The molecule has 35 heavy (non-hydrogen) atoms. The molecule has 0 aliphatic heterocycles. The molecule has 0 atom stereocenters. The van der Waals surface area contributed by atoms with E-state index in [-0.39, 0.29) is 22.3 Å². The average Bonchev–Trinajstić information content (AvgIpc) is 2.87. The van der Waals surface area contributed by atoms with Crippen molar-refractivity contribution in [2.45, 2.75) is 18.7 Å². The monoisotopic (exact) mass is 495 g/mol. The number of hydrogen-bond donors (Lipinski definition) is 2. The maximum atomic E-state index is 13.1. The molecule has 0 bridgehead atoms. The number of para-hydroxylation sites is 3. The standard InChI is InChI=1S/C26H29N3O5S/c1-18(2)17-27-26(31)21-9-5-6-10-22(21)28-25(30)19-13-15-20(16-14-19)35(32,33)29(3)23-11-7-8-12-24(23)34-4/h5-16,18H,17H2,1-4H3,(H,27,31)(H,28,30). The SMILES string of the molecule is COc1ccccc1N(C)S(=O)(=O)c1ccc(C(=O)Nc2ccccc2C(=O)NCC(C)C)cc1. The lowest BCUT2D eigenvalue weighted by Crippen LogP contribution is -2.28. The van der Waals surface area contributed by atoms with Gasteiger partial charge in [-0.25, -0.2) is 8.42 Å². The van der Waals surface area contributed by atoms with Crippen molar-refractivity contribution in [3.8, 4) is 5.75 Å². The number of carbonyl (C=O) groups is 2. The van der Waals surface area contributed by atoms with Crippen LogP contribution in [0.15, 0.2) is 77.7 Å². The van der Waals surface area contributed by atoms with E-state index >= 15 is 0 Å². The van der Waals surface area contributed by atoms with Gasteiger partial charge in [-0.3, -0.25) is 13.9 Å². The van der Waals surface area contributed by atoms with Crippen molar-refractivity contribution in [1.29, 1.82) is 0 Å². The van der Waals surface area contributed by atoms with E-state index in [9.17, 15) is 18.0 Å². The lowest BCUT2D eigenvalue weighted by atomic mass is 10.1. The van der Waals surface area contributed by atoms with Gasteiger partial charge < -0.3 is 15.4 Å². The quantitative estimate of drug-likeness (QED) is 0.464. The number of amides is 2. The molecule has 184 valence electrons. The number of rotatable bonds is 9. The van der Waals surface area contributed by atoms with Gasteiger partial charge in [0.1, 0.15) is 5.75 Å². The molecule has 0 saturated carbocycles. The van der Waals surface area contributed by atoms with Crippen molar-refractivity contribution >= 4 is 33.2 Å². The summed E-state index contributed by atoms with van der Waals surface area (Å²) in [7, 11) is -0.978. The summed E-state index contributed by atoms with van der Waals surface area (Å²) in [5.41, 5.74) is 1.36. The Morgan fingerprint density at radius 1 is 0.914 bits per heavy atom. The highest BCUT2D eigenvalue weighted by Gasteiger charge is 2.24. The number of nitrogens with zero attached hydrogens (tertiary/aromatic N) is 1. The molecule has 3 rings (SSSR count). The van der Waals surface area contributed by atoms with Crippen LogP contribution in [-0.2, 0) is 10.0 Å². The molecular weight excluding hydrogens is 466 g/mol. The highest BCUT2D eigenvalue weighted by Crippen LogP contribution is 2.31. The Kier molecular flexibility index (Phi) is 8.14. The lowest BCUT2D eigenvalue weighted by Gasteiger charge is -2.21. The smallest absolute Gasteiger partial charge is 0.264 e. The normalized spacial score (nSPS) is 11.1. The van der Waals surface area contributed by atoms with Gasteiger partial charge in [-0.05, 0) is 54.4 Å². The van der Waals surface area contributed by atoms with Gasteiger partial charge in [0.25, 0.3) is 21.8 Å². The Bertz CT molecular complexity index is 1300. The maximum Gasteiger partial charge on any atom is 0.264 e. The van der Waals surface area contributed by atoms with Crippen LogP contribution in [0, 0.1) is 5.92 Å². The summed E-state index contributed by atoms with van der Waals surface area (Å²) in [5.74, 6) is -0.0326. The number of methoxy groups -OCH3 is 1. The number of benzene rings is 3. The fourth-order valence-electron chi connectivity index (χ4n) is 3.33. The van der Waals surface area contributed by atoms with Gasteiger partial charge in [-0.2, -0.15) is 0 Å². The van der Waals surface area contributed by atoms with Crippen molar-refractivity contribution in [2.24, 2.45) is 5.92 Å². The van der Waals surface area contributed by atoms with Gasteiger partial charge in [-0.1, -0.05) is 38.1 Å². The first kappa shape index (κ1) is 25.8. The number of anilines is 2.